The van der Waals surface area contributed by atoms with Gasteiger partial charge in [0.15, 0.2) is 12.0 Å². The van der Waals surface area contributed by atoms with E-state index in [1.165, 1.54) is 0 Å². The summed E-state index contributed by atoms with van der Waals surface area (Å²) in [6, 6.07) is 9.51. The number of aromatic nitrogens is 2. The van der Waals surface area contributed by atoms with Crippen LogP contribution in [0.2, 0.25) is 0 Å². The summed E-state index contributed by atoms with van der Waals surface area (Å²) in [7, 11) is 1.67. The van der Waals surface area contributed by atoms with Gasteiger partial charge in [-0.15, -0.1) is 10.2 Å². The van der Waals surface area contributed by atoms with Crippen molar-refractivity contribution in [3.05, 3.63) is 35.9 Å². The summed E-state index contributed by atoms with van der Waals surface area (Å²) in [6.45, 7) is 4.24. The van der Waals surface area contributed by atoms with Crippen LogP contribution in [0.15, 0.2) is 30.3 Å². The Morgan fingerprint density at radius 2 is 2.00 bits per heavy atom. The molecule has 1 aromatic carbocycles. The van der Waals surface area contributed by atoms with Crippen LogP contribution in [0, 0.1) is 11.5 Å². The number of rotatable bonds is 4. The van der Waals surface area contributed by atoms with Gasteiger partial charge in [-0.2, -0.15) is 5.26 Å². The van der Waals surface area contributed by atoms with Crippen LogP contribution in [0.4, 0.5) is 5.82 Å². The predicted octanol–water partition coefficient (Wildman–Crippen LogP) is 3.17. The average Bonchev–Trinajstić information content (AvgIpc) is 2.47. The number of hydrogen-bond donors (Lipinski definition) is 1. The van der Waals surface area contributed by atoms with Crippen LogP contribution in [0.5, 0.6) is 5.75 Å². The van der Waals surface area contributed by atoms with Gasteiger partial charge in [0.05, 0.1) is 12.8 Å². The number of anilines is 1. The van der Waals surface area contributed by atoms with Crippen LogP contribution in [0.1, 0.15) is 25.3 Å². The fraction of sp³-hybridized carbons (Fsp3) is 0.267. The molecule has 0 aliphatic carbocycles. The van der Waals surface area contributed by atoms with Gasteiger partial charge in [0.1, 0.15) is 5.75 Å². The highest BCUT2D eigenvalue weighted by Crippen LogP contribution is 2.30. The van der Waals surface area contributed by atoms with Gasteiger partial charge in [-0.05, 0) is 41.8 Å². The molecule has 0 bridgehead atoms. The molecule has 5 heteroatoms. The summed E-state index contributed by atoms with van der Waals surface area (Å²) in [5, 5.41) is 19.0. The fourth-order valence-corrected chi connectivity index (χ4v) is 1.96. The van der Waals surface area contributed by atoms with E-state index in [1.807, 2.05) is 24.4 Å². The molecule has 0 unspecified atom stereocenters. The molecule has 0 spiro atoms. The molecule has 20 heavy (non-hydrogen) atoms. The third-order valence-electron chi connectivity index (χ3n) is 3.00. The Labute approximate surface area is 118 Å². The normalized spacial score (nSPS) is 10.2. The molecule has 102 valence electrons. The molecule has 1 heterocycles. The van der Waals surface area contributed by atoms with E-state index in [1.54, 1.807) is 13.2 Å². The largest absolute Gasteiger partial charge is 0.496 e. The molecular formula is C15H16N4O. The van der Waals surface area contributed by atoms with E-state index >= 15 is 0 Å². The topological polar surface area (TPSA) is 70.8 Å². The van der Waals surface area contributed by atoms with Crippen molar-refractivity contribution in [2.75, 3.05) is 12.4 Å². The fourth-order valence-electron chi connectivity index (χ4n) is 1.96. The highest BCUT2D eigenvalue weighted by Gasteiger charge is 2.10. The number of methoxy groups -OCH3 is 1. The monoisotopic (exact) mass is 268 g/mol. The first-order chi connectivity index (χ1) is 9.65. The Balaban J connectivity index is 2.37. The van der Waals surface area contributed by atoms with E-state index in [4.69, 9.17) is 10.00 Å². The summed E-state index contributed by atoms with van der Waals surface area (Å²) in [4.78, 5) is 0. The number of nitrogens with zero attached hydrogens (tertiary/aromatic N) is 3. The van der Waals surface area contributed by atoms with Gasteiger partial charge in [-0.3, -0.25) is 5.32 Å². The van der Waals surface area contributed by atoms with Crippen molar-refractivity contribution in [1.29, 1.82) is 5.26 Å². The molecule has 0 aliphatic rings. The third kappa shape index (κ3) is 2.86. The smallest absolute Gasteiger partial charge is 0.182 e. The zero-order valence-electron chi connectivity index (χ0n) is 11.7. The molecule has 1 aromatic heterocycles. The highest BCUT2D eigenvalue weighted by atomic mass is 16.5. The molecule has 1 N–H and O–H groups in total. The number of nitriles is 1. The second-order valence-corrected chi connectivity index (χ2v) is 4.65. The SMILES string of the molecule is COc1ccc(-c2ccc(NC#N)nn2)cc1C(C)C. The minimum absolute atomic E-state index is 0.359. The second-order valence-electron chi connectivity index (χ2n) is 4.65. The zero-order chi connectivity index (χ0) is 14.5. The van der Waals surface area contributed by atoms with Crippen LogP contribution in [0.25, 0.3) is 11.3 Å². The van der Waals surface area contributed by atoms with Crippen LogP contribution in [-0.4, -0.2) is 17.3 Å². The molecule has 0 amide bonds. The minimum Gasteiger partial charge on any atom is -0.496 e. The Bertz CT molecular complexity index is 629. The Hall–Kier alpha value is -2.61. The molecule has 2 rings (SSSR count). The average molecular weight is 268 g/mol. The maximum Gasteiger partial charge on any atom is 0.182 e. The lowest BCUT2D eigenvalue weighted by atomic mass is 9.98. The standard InChI is InChI=1S/C15H16N4O/c1-10(2)12-8-11(4-6-14(12)20-3)13-5-7-15(17-9-16)19-18-13/h4-8,10H,1-3H3,(H,17,19). The van der Waals surface area contributed by atoms with Crippen LogP contribution >= 0.6 is 0 Å². The van der Waals surface area contributed by atoms with Crippen molar-refractivity contribution in [2.45, 2.75) is 19.8 Å². The minimum atomic E-state index is 0.359. The van der Waals surface area contributed by atoms with Crippen LogP contribution in [0.3, 0.4) is 0 Å². The van der Waals surface area contributed by atoms with E-state index in [0.29, 0.717) is 11.7 Å². The summed E-state index contributed by atoms with van der Waals surface area (Å²) in [6.07, 6.45) is 1.81. The highest BCUT2D eigenvalue weighted by molar-refractivity contribution is 5.63. The second kappa shape index (κ2) is 6.02. The van der Waals surface area contributed by atoms with E-state index in [2.05, 4.69) is 35.4 Å². The lowest BCUT2D eigenvalue weighted by molar-refractivity contribution is 0.407. The van der Waals surface area contributed by atoms with Crippen molar-refractivity contribution in [1.82, 2.24) is 10.2 Å². The molecule has 0 saturated carbocycles. The van der Waals surface area contributed by atoms with E-state index < -0.39 is 0 Å². The maximum absolute atomic E-state index is 8.52. The van der Waals surface area contributed by atoms with Gasteiger partial charge in [-0.1, -0.05) is 13.8 Å². The van der Waals surface area contributed by atoms with Gasteiger partial charge in [0.2, 0.25) is 0 Å². The Kier molecular flexibility index (Phi) is 4.16. The number of benzene rings is 1. The lowest BCUT2D eigenvalue weighted by Crippen LogP contribution is -1.97. The zero-order valence-corrected chi connectivity index (χ0v) is 11.7. The molecule has 0 aliphatic heterocycles. The van der Waals surface area contributed by atoms with Crippen LogP contribution < -0.4 is 10.1 Å². The van der Waals surface area contributed by atoms with Gasteiger partial charge in [0.25, 0.3) is 0 Å². The quantitative estimate of drug-likeness (QED) is 0.681. The third-order valence-corrected chi connectivity index (χ3v) is 3.00. The number of nitrogens with one attached hydrogen (secondary N) is 1. The van der Waals surface area contributed by atoms with Gasteiger partial charge in [-0.25, -0.2) is 0 Å². The van der Waals surface area contributed by atoms with Gasteiger partial charge >= 0.3 is 0 Å². The molecule has 0 fully saturated rings. The number of hydrogen-bond acceptors (Lipinski definition) is 5. The summed E-state index contributed by atoms with van der Waals surface area (Å²) in [5.74, 6) is 1.67. The summed E-state index contributed by atoms with van der Waals surface area (Å²) >= 11 is 0. The molecule has 2 aromatic rings. The first-order valence-electron chi connectivity index (χ1n) is 6.33. The van der Waals surface area contributed by atoms with Crippen molar-refractivity contribution in [3.63, 3.8) is 0 Å². The summed E-state index contributed by atoms with van der Waals surface area (Å²) in [5.41, 5.74) is 2.87. The number of ether oxygens (including phenoxy) is 1. The molecular weight excluding hydrogens is 252 g/mol. The maximum atomic E-state index is 8.52. The Morgan fingerprint density at radius 1 is 1.20 bits per heavy atom. The molecule has 0 radical (unpaired) electrons. The van der Waals surface area contributed by atoms with E-state index in [0.717, 1.165) is 22.6 Å². The first-order valence-corrected chi connectivity index (χ1v) is 6.33. The van der Waals surface area contributed by atoms with Crippen LogP contribution in [-0.2, 0) is 0 Å². The lowest BCUT2D eigenvalue weighted by Gasteiger charge is -2.13. The first kappa shape index (κ1) is 13.8. The van der Waals surface area contributed by atoms with Gasteiger partial charge < -0.3 is 4.74 Å². The van der Waals surface area contributed by atoms with Gasteiger partial charge in [0, 0.05) is 5.56 Å². The van der Waals surface area contributed by atoms with E-state index in [9.17, 15) is 0 Å². The van der Waals surface area contributed by atoms with Crippen molar-refractivity contribution in [2.24, 2.45) is 0 Å². The molecule has 0 saturated heterocycles. The molecule has 0 atom stereocenters. The van der Waals surface area contributed by atoms with E-state index in [-0.39, 0.29) is 0 Å². The predicted molar refractivity (Wildman–Crippen MR) is 77.3 cm³/mol. The van der Waals surface area contributed by atoms with Crippen molar-refractivity contribution < 1.29 is 4.74 Å². The molecule has 5 nitrogen and oxygen atoms in total. The van der Waals surface area contributed by atoms with Crippen molar-refractivity contribution >= 4 is 5.82 Å². The summed E-state index contributed by atoms with van der Waals surface area (Å²) < 4.78 is 5.37. The van der Waals surface area contributed by atoms with Crippen molar-refractivity contribution in [3.8, 4) is 23.2 Å². The Morgan fingerprint density at radius 3 is 2.55 bits per heavy atom.